The van der Waals surface area contributed by atoms with Gasteiger partial charge in [-0.15, -0.1) is 0 Å². The molecule has 1 rings (SSSR count). The Bertz CT molecular complexity index is 337. The first-order valence-corrected chi connectivity index (χ1v) is 5.64. The largest absolute Gasteiger partial charge is 0.444 e. The molecule has 0 aromatic rings. The van der Waals surface area contributed by atoms with Crippen LogP contribution in [0, 0.1) is 5.92 Å². The van der Waals surface area contributed by atoms with E-state index >= 15 is 0 Å². The van der Waals surface area contributed by atoms with Gasteiger partial charge in [0.25, 0.3) is 0 Å². The van der Waals surface area contributed by atoms with Crippen LogP contribution in [0.4, 0.5) is 18.0 Å². The molecule has 18 heavy (non-hydrogen) atoms. The van der Waals surface area contributed by atoms with E-state index in [0.29, 0.717) is 0 Å². The predicted molar refractivity (Wildman–Crippen MR) is 58.0 cm³/mol. The molecule has 1 unspecified atom stereocenters. The molecule has 1 saturated heterocycles. The van der Waals surface area contributed by atoms with Gasteiger partial charge in [-0.25, -0.2) is 4.79 Å². The lowest BCUT2D eigenvalue weighted by atomic mass is 9.92. The Hall–Kier alpha value is -0.980. The summed E-state index contributed by atoms with van der Waals surface area (Å²) in [4.78, 5) is 12.5. The van der Waals surface area contributed by atoms with E-state index in [0.717, 1.165) is 4.90 Å². The van der Waals surface area contributed by atoms with Crippen molar-refractivity contribution in [1.82, 2.24) is 4.90 Å². The molecular formula is C11H18F3NO3. The van der Waals surface area contributed by atoms with Gasteiger partial charge in [-0.2, -0.15) is 13.2 Å². The van der Waals surface area contributed by atoms with Crippen molar-refractivity contribution in [2.75, 3.05) is 13.1 Å². The Morgan fingerprint density at radius 3 is 2.22 bits per heavy atom. The van der Waals surface area contributed by atoms with Crippen molar-refractivity contribution in [2.24, 2.45) is 5.92 Å². The van der Waals surface area contributed by atoms with Crippen molar-refractivity contribution < 1.29 is 27.8 Å². The summed E-state index contributed by atoms with van der Waals surface area (Å²) in [6, 6.07) is 0. The van der Waals surface area contributed by atoms with E-state index in [4.69, 9.17) is 4.74 Å². The van der Waals surface area contributed by atoms with Gasteiger partial charge in [-0.3, -0.25) is 0 Å². The second-order valence-electron chi connectivity index (χ2n) is 5.68. The fourth-order valence-electron chi connectivity index (χ4n) is 1.83. The molecule has 4 nitrogen and oxygen atoms in total. The van der Waals surface area contributed by atoms with Crippen molar-refractivity contribution in [3.8, 4) is 0 Å². The van der Waals surface area contributed by atoms with Crippen LogP contribution < -0.4 is 0 Å². The topological polar surface area (TPSA) is 49.8 Å². The number of carbonyl (C=O) groups excluding carboxylic acids is 1. The summed E-state index contributed by atoms with van der Waals surface area (Å²) >= 11 is 0. The summed E-state index contributed by atoms with van der Waals surface area (Å²) in [7, 11) is 0. The summed E-state index contributed by atoms with van der Waals surface area (Å²) in [5.74, 6) is -1.08. The molecule has 1 aliphatic rings. The molecule has 1 fully saturated rings. The van der Waals surface area contributed by atoms with Gasteiger partial charge in [0.2, 0.25) is 0 Å². The van der Waals surface area contributed by atoms with Crippen LogP contribution in [0.15, 0.2) is 0 Å². The van der Waals surface area contributed by atoms with Crippen molar-refractivity contribution in [2.45, 2.75) is 45.1 Å². The van der Waals surface area contributed by atoms with E-state index < -0.39 is 35.9 Å². The highest BCUT2D eigenvalue weighted by Gasteiger charge is 2.62. The molecule has 0 radical (unpaired) electrons. The van der Waals surface area contributed by atoms with Gasteiger partial charge >= 0.3 is 12.3 Å². The molecule has 2 atom stereocenters. The summed E-state index contributed by atoms with van der Waals surface area (Å²) in [6.07, 6.45) is -5.60. The highest BCUT2D eigenvalue weighted by Crippen LogP contribution is 2.41. The lowest BCUT2D eigenvalue weighted by Crippen LogP contribution is -2.51. The second kappa shape index (κ2) is 4.29. The quantitative estimate of drug-likeness (QED) is 0.733. The number of amides is 1. The summed E-state index contributed by atoms with van der Waals surface area (Å²) in [6.45, 7) is 5.18. The molecule has 1 amide bonds. The number of rotatable bonds is 0. The molecule has 0 aromatic heterocycles. The van der Waals surface area contributed by atoms with E-state index in [2.05, 4.69) is 0 Å². The summed E-state index contributed by atoms with van der Waals surface area (Å²) in [5.41, 5.74) is -3.64. The highest BCUT2D eigenvalue weighted by atomic mass is 19.4. The molecule has 106 valence electrons. The number of aliphatic hydroxyl groups is 1. The Morgan fingerprint density at radius 1 is 1.39 bits per heavy atom. The highest BCUT2D eigenvalue weighted by molar-refractivity contribution is 5.68. The standard InChI is InChI=1S/C11H18F3NO3/c1-7-5-15(8(16)18-9(2,3)4)6-10(7,17)11(12,13)14/h7,17H,5-6H2,1-4H3/t7?,10-/m1/s1. The van der Waals surface area contributed by atoms with E-state index in [1.54, 1.807) is 20.8 Å². The zero-order valence-electron chi connectivity index (χ0n) is 10.8. The third-order valence-corrected chi connectivity index (χ3v) is 2.88. The fourth-order valence-corrected chi connectivity index (χ4v) is 1.83. The molecule has 7 heteroatoms. The Morgan fingerprint density at radius 2 is 1.89 bits per heavy atom. The lowest BCUT2D eigenvalue weighted by molar-refractivity contribution is -0.265. The average Bonchev–Trinajstić information content (AvgIpc) is 2.40. The molecule has 0 aromatic carbocycles. The number of hydrogen-bond donors (Lipinski definition) is 1. The maximum Gasteiger partial charge on any atom is 0.419 e. The summed E-state index contributed by atoms with van der Waals surface area (Å²) in [5, 5.41) is 9.64. The number of carbonyl (C=O) groups is 1. The molecule has 1 aliphatic heterocycles. The van der Waals surface area contributed by atoms with Crippen LogP contribution in [0.3, 0.4) is 0 Å². The minimum absolute atomic E-state index is 0.176. The Balaban J connectivity index is 2.79. The number of alkyl halides is 3. The lowest BCUT2D eigenvalue weighted by Gasteiger charge is -2.29. The smallest absolute Gasteiger partial charge is 0.419 e. The SMILES string of the molecule is CC1CN(C(=O)OC(C)(C)C)C[C@]1(O)C(F)(F)F. The van der Waals surface area contributed by atoms with Gasteiger partial charge in [0.05, 0.1) is 6.54 Å². The number of nitrogens with zero attached hydrogens (tertiary/aromatic N) is 1. The average molecular weight is 269 g/mol. The second-order valence-corrected chi connectivity index (χ2v) is 5.68. The number of hydrogen-bond acceptors (Lipinski definition) is 3. The first-order valence-electron chi connectivity index (χ1n) is 5.64. The van der Waals surface area contributed by atoms with Crippen LogP contribution in [0.1, 0.15) is 27.7 Å². The number of likely N-dealkylation sites (tertiary alicyclic amines) is 1. The van der Waals surface area contributed by atoms with Gasteiger partial charge in [-0.05, 0) is 20.8 Å². The third kappa shape index (κ3) is 2.88. The molecule has 0 aliphatic carbocycles. The Kier molecular flexibility index (Phi) is 3.60. The van der Waals surface area contributed by atoms with E-state index in [-0.39, 0.29) is 6.54 Å². The van der Waals surface area contributed by atoms with E-state index in [1.165, 1.54) is 6.92 Å². The van der Waals surface area contributed by atoms with Gasteiger partial charge in [-0.1, -0.05) is 6.92 Å². The van der Waals surface area contributed by atoms with E-state index in [9.17, 15) is 23.1 Å². The molecule has 0 bridgehead atoms. The van der Waals surface area contributed by atoms with Crippen LogP contribution in [0.5, 0.6) is 0 Å². The monoisotopic (exact) mass is 269 g/mol. The third-order valence-electron chi connectivity index (χ3n) is 2.88. The van der Waals surface area contributed by atoms with Gasteiger partial charge < -0.3 is 14.7 Å². The Labute approximate surface area is 104 Å². The zero-order chi connectivity index (χ0) is 14.4. The van der Waals surface area contributed by atoms with Crippen molar-refractivity contribution in [1.29, 1.82) is 0 Å². The first kappa shape index (κ1) is 15.1. The van der Waals surface area contributed by atoms with Crippen LogP contribution >= 0.6 is 0 Å². The first-order chi connectivity index (χ1) is 7.87. The fraction of sp³-hybridized carbons (Fsp3) is 0.909. The van der Waals surface area contributed by atoms with Crippen LogP contribution in [-0.2, 0) is 4.74 Å². The number of β-amino-alcohol motifs (C(OH)–C–C–N with tert-alkyl or cyclic N) is 1. The molecule has 0 spiro atoms. The molecular weight excluding hydrogens is 251 g/mol. The van der Waals surface area contributed by atoms with Gasteiger partial charge in [0.1, 0.15) is 5.60 Å². The van der Waals surface area contributed by atoms with Crippen LogP contribution in [0.25, 0.3) is 0 Å². The van der Waals surface area contributed by atoms with Crippen molar-refractivity contribution in [3.05, 3.63) is 0 Å². The minimum atomic E-state index is -4.76. The van der Waals surface area contributed by atoms with E-state index in [1.807, 2.05) is 0 Å². The maximum atomic E-state index is 12.7. The van der Waals surface area contributed by atoms with Crippen LogP contribution in [0.2, 0.25) is 0 Å². The maximum absolute atomic E-state index is 12.7. The number of ether oxygens (including phenoxy) is 1. The zero-order valence-corrected chi connectivity index (χ0v) is 10.8. The predicted octanol–water partition coefficient (Wildman–Crippen LogP) is 2.17. The molecule has 1 N–H and O–H groups in total. The van der Waals surface area contributed by atoms with Crippen LogP contribution in [-0.4, -0.2) is 46.6 Å². The molecule has 0 saturated carbocycles. The molecule has 1 heterocycles. The van der Waals surface area contributed by atoms with Gasteiger partial charge in [0, 0.05) is 12.5 Å². The van der Waals surface area contributed by atoms with Crippen molar-refractivity contribution in [3.63, 3.8) is 0 Å². The minimum Gasteiger partial charge on any atom is -0.444 e. The van der Waals surface area contributed by atoms with Crippen molar-refractivity contribution >= 4 is 6.09 Å². The van der Waals surface area contributed by atoms with Gasteiger partial charge in [0.15, 0.2) is 5.60 Å². The number of halogens is 3. The normalized spacial score (nSPS) is 29.6. The summed E-state index contributed by atoms with van der Waals surface area (Å²) < 4.78 is 43.2.